The van der Waals surface area contributed by atoms with Crippen LogP contribution >= 0.6 is 11.8 Å². The minimum absolute atomic E-state index is 0.0653. The molecule has 1 N–H and O–H groups in total. The Morgan fingerprint density at radius 1 is 1.39 bits per heavy atom. The highest BCUT2D eigenvalue weighted by Gasteiger charge is 2.22. The van der Waals surface area contributed by atoms with Crippen LogP contribution in [0.5, 0.6) is 5.75 Å². The summed E-state index contributed by atoms with van der Waals surface area (Å²) in [5.41, 5.74) is 0.392. The maximum absolute atomic E-state index is 12.4. The first-order chi connectivity index (χ1) is 11.0. The number of hydrogen-bond acceptors (Lipinski definition) is 5. The lowest BCUT2D eigenvalue weighted by molar-refractivity contribution is -0.384. The predicted molar refractivity (Wildman–Crippen MR) is 92.2 cm³/mol. The van der Waals surface area contributed by atoms with E-state index in [0.29, 0.717) is 16.7 Å². The van der Waals surface area contributed by atoms with Gasteiger partial charge in [-0.05, 0) is 25.8 Å². The van der Waals surface area contributed by atoms with Crippen molar-refractivity contribution in [3.63, 3.8) is 0 Å². The minimum Gasteiger partial charge on any atom is -0.494 e. The van der Waals surface area contributed by atoms with Crippen molar-refractivity contribution in [2.75, 3.05) is 12.4 Å². The Balaban J connectivity index is 1.99. The number of thioether (sulfide) groups is 1. The molecule has 0 radical (unpaired) electrons. The minimum atomic E-state index is -0.490. The van der Waals surface area contributed by atoms with E-state index < -0.39 is 4.92 Å². The van der Waals surface area contributed by atoms with E-state index in [0.717, 1.165) is 0 Å². The number of anilines is 1. The fourth-order valence-corrected chi connectivity index (χ4v) is 4.05. The number of carbonyl (C=O) groups is 1. The summed E-state index contributed by atoms with van der Waals surface area (Å²) in [7, 11) is 1.43. The van der Waals surface area contributed by atoms with Gasteiger partial charge in [-0.2, -0.15) is 0 Å². The molecule has 23 heavy (non-hydrogen) atoms. The van der Waals surface area contributed by atoms with Crippen LogP contribution in [0.3, 0.4) is 0 Å². The second-order valence-corrected chi connectivity index (χ2v) is 7.32. The quantitative estimate of drug-likeness (QED) is 0.626. The van der Waals surface area contributed by atoms with E-state index >= 15 is 0 Å². The molecule has 1 aliphatic rings. The number of benzene rings is 1. The van der Waals surface area contributed by atoms with Gasteiger partial charge in [0, 0.05) is 11.3 Å². The average molecular weight is 338 g/mol. The van der Waals surface area contributed by atoms with Gasteiger partial charge in [-0.25, -0.2) is 0 Å². The summed E-state index contributed by atoms with van der Waals surface area (Å²) in [4.78, 5) is 22.7. The first-order valence-corrected chi connectivity index (χ1v) is 8.74. The molecular formula is C16H22N2O4S. The number of nitro benzene ring substituents is 1. The Morgan fingerprint density at radius 3 is 2.70 bits per heavy atom. The summed E-state index contributed by atoms with van der Waals surface area (Å²) < 4.78 is 5.14. The molecule has 1 aliphatic carbocycles. The largest absolute Gasteiger partial charge is 0.494 e. The van der Waals surface area contributed by atoms with E-state index in [9.17, 15) is 14.9 Å². The number of ether oxygens (including phenoxy) is 1. The van der Waals surface area contributed by atoms with Crippen LogP contribution < -0.4 is 10.1 Å². The SMILES string of the molecule is COc1cc([N+](=O)[O-])ccc1NC(=O)[C@@H](C)SC1CCCCC1. The maximum atomic E-state index is 12.4. The monoisotopic (exact) mass is 338 g/mol. The Hall–Kier alpha value is -1.76. The maximum Gasteiger partial charge on any atom is 0.273 e. The zero-order valence-corrected chi connectivity index (χ0v) is 14.2. The van der Waals surface area contributed by atoms with E-state index in [1.807, 2.05) is 6.92 Å². The standard InChI is InChI=1S/C16H22N2O4S/c1-11(23-13-6-4-3-5-7-13)16(19)17-14-9-8-12(18(20)21)10-15(14)22-2/h8-11,13H,3-7H2,1-2H3,(H,17,19)/t11-/m1/s1. The van der Waals surface area contributed by atoms with Crippen molar-refractivity contribution in [3.8, 4) is 5.75 Å². The van der Waals surface area contributed by atoms with Crippen LogP contribution in [-0.4, -0.2) is 28.4 Å². The van der Waals surface area contributed by atoms with Gasteiger partial charge >= 0.3 is 0 Å². The molecule has 0 heterocycles. The van der Waals surface area contributed by atoms with Gasteiger partial charge in [-0.1, -0.05) is 19.3 Å². The van der Waals surface area contributed by atoms with Crippen molar-refractivity contribution >= 4 is 29.0 Å². The molecule has 1 atom stereocenters. The van der Waals surface area contributed by atoms with Gasteiger partial charge in [0.15, 0.2) is 0 Å². The van der Waals surface area contributed by atoms with Crippen LogP contribution in [0.1, 0.15) is 39.0 Å². The molecule has 7 heteroatoms. The van der Waals surface area contributed by atoms with Gasteiger partial charge in [-0.3, -0.25) is 14.9 Å². The van der Waals surface area contributed by atoms with Crippen LogP contribution in [0.25, 0.3) is 0 Å². The number of nitro groups is 1. The summed E-state index contributed by atoms with van der Waals surface area (Å²) in [6, 6.07) is 4.18. The van der Waals surface area contributed by atoms with Crippen LogP contribution in [-0.2, 0) is 4.79 Å². The van der Waals surface area contributed by atoms with Crippen molar-refractivity contribution in [1.82, 2.24) is 0 Å². The Bertz CT molecular complexity index is 573. The third-order valence-electron chi connectivity index (χ3n) is 3.97. The summed E-state index contributed by atoms with van der Waals surface area (Å²) in [6.07, 6.45) is 6.11. The molecule has 0 spiro atoms. The van der Waals surface area contributed by atoms with Gasteiger partial charge in [0.05, 0.1) is 29.0 Å². The third-order valence-corrected chi connectivity index (χ3v) is 5.45. The van der Waals surface area contributed by atoms with Gasteiger partial charge in [0.1, 0.15) is 5.75 Å². The topological polar surface area (TPSA) is 81.5 Å². The zero-order chi connectivity index (χ0) is 16.8. The van der Waals surface area contributed by atoms with Crippen molar-refractivity contribution in [1.29, 1.82) is 0 Å². The van der Waals surface area contributed by atoms with Crippen molar-refractivity contribution in [3.05, 3.63) is 28.3 Å². The van der Waals surface area contributed by atoms with E-state index in [2.05, 4.69) is 5.32 Å². The molecule has 0 saturated heterocycles. The summed E-state index contributed by atoms with van der Waals surface area (Å²) in [6.45, 7) is 1.90. The lowest BCUT2D eigenvalue weighted by Crippen LogP contribution is -2.25. The second-order valence-electron chi connectivity index (χ2n) is 5.67. The van der Waals surface area contributed by atoms with E-state index in [-0.39, 0.29) is 16.8 Å². The van der Waals surface area contributed by atoms with Crippen molar-refractivity contribution in [2.45, 2.75) is 49.5 Å². The number of nitrogens with zero attached hydrogens (tertiary/aromatic N) is 1. The van der Waals surface area contributed by atoms with Crippen molar-refractivity contribution in [2.24, 2.45) is 0 Å². The van der Waals surface area contributed by atoms with E-state index in [4.69, 9.17) is 4.74 Å². The molecule has 126 valence electrons. The molecule has 1 aromatic rings. The smallest absolute Gasteiger partial charge is 0.273 e. The van der Waals surface area contributed by atoms with Crippen LogP contribution in [0.2, 0.25) is 0 Å². The molecule has 0 bridgehead atoms. The number of non-ortho nitro benzene ring substituents is 1. The molecule has 6 nitrogen and oxygen atoms in total. The fraction of sp³-hybridized carbons (Fsp3) is 0.562. The molecule has 1 amide bonds. The summed E-state index contributed by atoms with van der Waals surface area (Å²) >= 11 is 1.71. The number of hydrogen-bond donors (Lipinski definition) is 1. The molecular weight excluding hydrogens is 316 g/mol. The van der Waals surface area contributed by atoms with Gasteiger partial charge in [0.25, 0.3) is 5.69 Å². The van der Waals surface area contributed by atoms with Crippen LogP contribution in [0, 0.1) is 10.1 Å². The van der Waals surface area contributed by atoms with Crippen LogP contribution in [0.4, 0.5) is 11.4 Å². The molecule has 0 aliphatic heterocycles. The van der Waals surface area contributed by atoms with Crippen molar-refractivity contribution < 1.29 is 14.5 Å². The highest BCUT2D eigenvalue weighted by molar-refractivity contribution is 8.01. The Labute approximate surface area is 140 Å². The highest BCUT2D eigenvalue weighted by Crippen LogP contribution is 2.33. The molecule has 0 unspecified atom stereocenters. The Morgan fingerprint density at radius 2 is 2.09 bits per heavy atom. The number of nitrogens with one attached hydrogen (secondary N) is 1. The van der Waals surface area contributed by atoms with Gasteiger partial charge < -0.3 is 10.1 Å². The number of carbonyl (C=O) groups excluding carboxylic acids is 1. The first-order valence-electron chi connectivity index (χ1n) is 7.80. The molecule has 1 aromatic carbocycles. The lowest BCUT2D eigenvalue weighted by Gasteiger charge is -2.24. The van der Waals surface area contributed by atoms with Gasteiger partial charge in [0.2, 0.25) is 5.91 Å². The highest BCUT2D eigenvalue weighted by atomic mass is 32.2. The summed E-state index contributed by atoms with van der Waals surface area (Å²) in [5, 5.41) is 14.0. The number of rotatable bonds is 6. The van der Waals surface area contributed by atoms with Gasteiger partial charge in [-0.15, -0.1) is 11.8 Å². The molecule has 1 saturated carbocycles. The first kappa shape index (κ1) is 17.6. The molecule has 2 rings (SSSR count). The average Bonchev–Trinajstić information content (AvgIpc) is 2.55. The number of methoxy groups -OCH3 is 1. The summed E-state index contributed by atoms with van der Waals surface area (Å²) in [5.74, 6) is 0.190. The predicted octanol–water partition coefficient (Wildman–Crippen LogP) is 4.00. The molecule has 0 aromatic heterocycles. The Kier molecular flexibility index (Phi) is 6.27. The molecule has 1 fully saturated rings. The van der Waals surface area contributed by atoms with Crippen LogP contribution in [0.15, 0.2) is 18.2 Å². The van der Waals surface area contributed by atoms with E-state index in [1.165, 1.54) is 57.4 Å². The normalized spacial score (nSPS) is 16.6. The zero-order valence-electron chi connectivity index (χ0n) is 13.4. The van der Waals surface area contributed by atoms with E-state index in [1.54, 1.807) is 11.8 Å². The second kappa shape index (κ2) is 8.19. The lowest BCUT2D eigenvalue weighted by atomic mass is 10.0. The third kappa shape index (κ3) is 4.86. The number of amides is 1. The fourth-order valence-electron chi connectivity index (χ4n) is 2.68.